The number of hydroxylamine groups is 4. The molecule has 1 aromatic carbocycles. The van der Waals surface area contributed by atoms with Crippen LogP contribution in [-0.2, 0) is 0 Å². The van der Waals surface area contributed by atoms with E-state index in [-0.39, 0.29) is 10.1 Å². The first-order valence-corrected chi connectivity index (χ1v) is 5.31. The summed E-state index contributed by atoms with van der Waals surface area (Å²) in [5, 5.41) is 77.2. The number of amides is 2. The monoisotopic (exact) mass is 305 g/mol. The Morgan fingerprint density at radius 3 is 1.76 bits per heavy atom. The molecule has 1 fully saturated rings. The summed E-state index contributed by atoms with van der Waals surface area (Å²) in [6.45, 7) is 0. The van der Waals surface area contributed by atoms with E-state index in [9.17, 15) is 45.8 Å². The standard InChI is InChI=1S/C9H11N3O9/c13-2-1(3(14)5(16)6(17)4(2)15)7-11(20)8(18)10-9(19)12(7)21/h7-8,13-18,20-21H,(H,10,19). The number of nitrogens with one attached hydrogen (secondary N) is 1. The van der Waals surface area contributed by atoms with E-state index in [0.717, 1.165) is 0 Å². The van der Waals surface area contributed by atoms with Crippen molar-refractivity contribution in [2.45, 2.75) is 12.5 Å². The molecule has 21 heavy (non-hydrogen) atoms. The van der Waals surface area contributed by atoms with Gasteiger partial charge in [-0.2, -0.15) is 5.06 Å². The van der Waals surface area contributed by atoms with Gasteiger partial charge in [-0.1, -0.05) is 0 Å². The quantitative estimate of drug-likeness (QED) is 0.169. The zero-order valence-corrected chi connectivity index (χ0v) is 10.0. The summed E-state index contributed by atoms with van der Waals surface area (Å²) in [6, 6.07) is -1.32. The summed E-state index contributed by atoms with van der Waals surface area (Å²) >= 11 is 0. The van der Waals surface area contributed by atoms with Gasteiger partial charge < -0.3 is 35.8 Å². The van der Waals surface area contributed by atoms with Crippen LogP contribution in [0.25, 0.3) is 0 Å². The van der Waals surface area contributed by atoms with Crippen LogP contribution in [0.15, 0.2) is 0 Å². The van der Waals surface area contributed by atoms with E-state index in [0.29, 0.717) is 0 Å². The second-order valence-electron chi connectivity index (χ2n) is 4.08. The summed E-state index contributed by atoms with van der Waals surface area (Å²) < 4.78 is 0. The van der Waals surface area contributed by atoms with Crippen molar-refractivity contribution in [3.05, 3.63) is 5.56 Å². The highest BCUT2D eigenvalue weighted by atomic mass is 16.6. The van der Waals surface area contributed by atoms with Crippen LogP contribution in [0.3, 0.4) is 0 Å². The molecule has 0 aromatic heterocycles. The highest BCUT2D eigenvalue weighted by Crippen LogP contribution is 2.54. The lowest BCUT2D eigenvalue weighted by Crippen LogP contribution is -2.61. The fraction of sp³-hybridized carbons (Fsp3) is 0.222. The number of hydrogen-bond donors (Lipinski definition) is 9. The number of carbonyl (C=O) groups is 1. The van der Waals surface area contributed by atoms with Crippen molar-refractivity contribution in [2.24, 2.45) is 0 Å². The van der Waals surface area contributed by atoms with Crippen molar-refractivity contribution in [3.63, 3.8) is 0 Å². The van der Waals surface area contributed by atoms with E-state index < -0.39 is 52.9 Å². The first-order chi connectivity index (χ1) is 9.68. The molecular weight excluding hydrogens is 294 g/mol. The number of phenolic OH excluding ortho intramolecular Hbond substituents is 5. The minimum Gasteiger partial charge on any atom is -0.504 e. The molecule has 0 saturated carbocycles. The highest BCUT2D eigenvalue weighted by molar-refractivity contribution is 5.76. The number of carbonyl (C=O) groups excluding carboxylic acids is 1. The van der Waals surface area contributed by atoms with Gasteiger partial charge in [0.05, 0.1) is 5.56 Å². The Balaban J connectivity index is 2.67. The fourth-order valence-corrected chi connectivity index (χ4v) is 1.80. The van der Waals surface area contributed by atoms with Crippen molar-refractivity contribution in [1.82, 2.24) is 15.4 Å². The minimum absolute atomic E-state index is 0.105. The zero-order valence-electron chi connectivity index (χ0n) is 10.0. The van der Waals surface area contributed by atoms with Gasteiger partial charge in [0.15, 0.2) is 17.7 Å². The number of urea groups is 1. The first-order valence-electron chi connectivity index (χ1n) is 5.31. The Morgan fingerprint density at radius 1 is 0.857 bits per heavy atom. The van der Waals surface area contributed by atoms with Crippen molar-refractivity contribution in [2.75, 3.05) is 0 Å². The molecule has 1 saturated heterocycles. The van der Waals surface area contributed by atoms with E-state index in [1.54, 1.807) is 5.32 Å². The number of rotatable bonds is 1. The van der Waals surface area contributed by atoms with Crippen LogP contribution >= 0.6 is 0 Å². The molecule has 0 spiro atoms. The summed E-state index contributed by atoms with van der Waals surface area (Å²) in [7, 11) is 0. The van der Waals surface area contributed by atoms with Crippen LogP contribution in [0.1, 0.15) is 11.7 Å². The number of aliphatic hydroxyl groups is 1. The summed E-state index contributed by atoms with van der Waals surface area (Å²) in [5.74, 6) is -6.30. The van der Waals surface area contributed by atoms with Crippen LogP contribution < -0.4 is 5.32 Å². The van der Waals surface area contributed by atoms with E-state index in [1.165, 1.54) is 0 Å². The second kappa shape index (κ2) is 4.71. The topological polar surface area (TPSA) is 197 Å². The molecule has 12 nitrogen and oxygen atoms in total. The van der Waals surface area contributed by atoms with Gasteiger partial charge in [-0.15, -0.1) is 5.06 Å². The average Bonchev–Trinajstić information content (AvgIpc) is 2.44. The molecule has 2 atom stereocenters. The van der Waals surface area contributed by atoms with E-state index in [2.05, 4.69) is 0 Å². The predicted molar refractivity (Wildman–Crippen MR) is 59.3 cm³/mol. The lowest BCUT2D eigenvalue weighted by atomic mass is 10.1. The summed E-state index contributed by atoms with van der Waals surface area (Å²) in [6.07, 6.45) is -4.12. The van der Waals surface area contributed by atoms with Gasteiger partial charge in [-0.25, -0.2) is 4.79 Å². The molecule has 0 bridgehead atoms. The predicted octanol–water partition coefficient (Wildman–Crippen LogP) is -1.41. The molecule has 2 unspecified atom stereocenters. The van der Waals surface area contributed by atoms with Gasteiger partial charge in [0.2, 0.25) is 23.6 Å². The maximum absolute atomic E-state index is 11.3. The normalized spacial score (nSPS) is 23.2. The van der Waals surface area contributed by atoms with Crippen LogP contribution in [0, 0.1) is 0 Å². The fourth-order valence-electron chi connectivity index (χ4n) is 1.80. The van der Waals surface area contributed by atoms with Crippen molar-refractivity contribution < 1.29 is 45.8 Å². The Morgan fingerprint density at radius 2 is 1.29 bits per heavy atom. The summed E-state index contributed by atoms with van der Waals surface area (Å²) in [4.78, 5) is 11.3. The number of benzene rings is 1. The third-order valence-corrected chi connectivity index (χ3v) is 2.86. The maximum Gasteiger partial charge on any atom is 0.346 e. The number of aliphatic hydroxyl groups excluding tert-OH is 1. The summed E-state index contributed by atoms with van der Waals surface area (Å²) in [5.41, 5.74) is -0.943. The molecule has 0 aliphatic carbocycles. The highest BCUT2D eigenvalue weighted by Gasteiger charge is 2.44. The van der Waals surface area contributed by atoms with E-state index in [4.69, 9.17) is 0 Å². The Labute approximate surface area is 115 Å². The third-order valence-electron chi connectivity index (χ3n) is 2.86. The van der Waals surface area contributed by atoms with Gasteiger partial charge in [-0.05, 0) is 0 Å². The molecule has 2 amide bonds. The molecule has 0 radical (unpaired) electrons. The molecule has 1 heterocycles. The third kappa shape index (κ3) is 1.98. The first kappa shape index (κ1) is 14.7. The van der Waals surface area contributed by atoms with E-state index >= 15 is 0 Å². The Bertz CT molecular complexity index is 578. The van der Waals surface area contributed by atoms with Gasteiger partial charge in [0, 0.05) is 0 Å². The molecule has 1 aromatic rings. The van der Waals surface area contributed by atoms with Crippen molar-refractivity contribution in [1.29, 1.82) is 0 Å². The van der Waals surface area contributed by atoms with Crippen molar-refractivity contribution in [3.8, 4) is 28.7 Å². The van der Waals surface area contributed by atoms with Gasteiger partial charge in [-0.3, -0.25) is 10.5 Å². The Hall–Kier alpha value is -2.67. The second-order valence-corrected chi connectivity index (χ2v) is 4.08. The van der Waals surface area contributed by atoms with Crippen LogP contribution in [-0.4, -0.2) is 63.6 Å². The van der Waals surface area contributed by atoms with Crippen LogP contribution in [0.4, 0.5) is 4.79 Å². The zero-order chi connectivity index (χ0) is 16.1. The SMILES string of the molecule is O=C1NC(O)N(O)C(c2c(O)c(O)c(O)c(O)c2O)N1O. The Kier molecular flexibility index (Phi) is 3.30. The van der Waals surface area contributed by atoms with Crippen molar-refractivity contribution >= 4 is 6.03 Å². The molecule has 12 heteroatoms. The van der Waals surface area contributed by atoms with E-state index in [1.807, 2.05) is 0 Å². The number of nitrogens with zero attached hydrogens (tertiary/aromatic N) is 2. The smallest absolute Gasteiger partial charge is 0.346 e. The number of phenols is 5. The molecule has 1 aliphatic rings. The average molecular weight is 305 g/mol. The number of hydrogen-bond acceptors (Lipinski definition) is 10. The van der Waals surface area contributed by atoms with Gasteiger partial charge in [0.1, 0.15) is 0 Å². The maximum atomic E-state index is 11.3. The van der Waals surface area contributed by atoms with Crippen LogP contribution in [0.5, 0.6) is 28.7 Å². The lowest BCUT2D eigenvalue weighted by Gasteiger charge is -2.39. The number of aromatic hydroxyl groups is 5. The van der Waals surface area contributed by atoms with Gasteiger partial charge in [0.25, 0.3) is 0 Å². The largest absolute Gasteiger partial charge is 0.504 e. The molecule has 9 N–H and O–H groups in total. The molecule has 1 aliphatic heterocycles. The lowest BCUT2D eigenvalue weighted by molar-refractivity contribution is -0.310. The minimum atomic E-state index is -2.09. The molecule has 116 valence electrons. The van der Waals surface area contributed by atoms with Gasteiger partial charge >= 0.3 is 6.03 Å². The van der Waals surface area contributed by atoms with Crippen LogP contribution in [0.2, 0.25) is 0 Å². The molecule has 2 rings (SSSR count). The molecular formula is C9H11N3O9.